The van der Waals surface area contributed by atoms with E-state index in [1.54, 1.807) is 6.07 Å². The zero-order valence-corrected chi connectivity index (χ0v) is 8.80. The van der Waals surface area contributed by atoms with Crippen LogP contribution in [0.4, 0.5) is 0 Å². The summed E-state index contributed by atoms with van der Waals surface area (Å²) in [5, 5.41) is 12.6. The van der Waals surface area contributed by atoms with Crippen molar-refractivity contribution >= 4 is 5.97 Å². The van der Waals surface area contributed by atoms with Gasteiger partial charge in [-0.2, -0.15) is 0 Å². The molecule has 84 valence electrons. The fourth-order valence-corrected chi connectivity index (χ4v) is 1.31. The molecule has 2 heterocycles. The maximum atomic E-state index is 10.9. The summed E-state index contributed by atoms with van der Waals surface area (Å²) in [6.45, 7) is 3.69. The molecule has 0 atom stereocenters. The van der Waals surface area contributed by atoms with Crippen LogP contribution in [0, 0.1) is 0 Å². The van der Waals surface area contributed by atoms with Gasteiger partial charge in [-0.25, -0.2) is 9.78 Å². The van der Waals surface area contributed by atoms with E-state index in [2.05, 4.69) is 14.7 Å². The first-order valence-corrected chi connectivity index (χ1v) is 4.74. The molecule has 2 aromatic rings. The molecule has 0 unspecified atom stereocenters. The Bertz CT molecular complexity index is 499. The molecule has 1 N–H and O–H groups in total. The third-order valence-electron chi connectivity index (χ3n) is 2.05. The van der Waals surface area contributed by atoms with Crippen LogP contribution in [-0.4, -0.2) is 21.2 Å². The zero-order chi connectivity index (χ0) is 11.7. The minimum Gasteiger partial charge on any atom is -0.475 e. The lowest BCUT2D eigenvalue weighted by atomic mass is 10.1. The summed E-state index contributed by atoms with van der Waals surface area (Å²) in [4.78, 5) is 15.0. The first-order chi connectivity index (χ1) is 7.59. The fourth-order valence-electron chi connectivity index (χ4n) is 1.31. The van der Waals surface area contributed by atoms with Crippen LogP contribution in [0.3, 0.4) is 0 Å². The maximum Gasteiger partial charge on any atom is 0.373 e. The Morgan fingerprint density at radius 3 is 2.69 bits per heavy atom. The minimum absolute atomic E-state index is 0.0319. The van der Waals surface area contributed by atoms with Gasteiger partial charge in [-0.3, -0.25) is 0 Å². The van der Waals surface area contributed by atoms with Crippen LogP contribution >= 0.6 is 0 Å². The number of oxazole rings is 1. The minimum atomic E-state index is -1.13. The predicted octanol–water partition coefficient (Wildman–Crippen LogP) is 2.15. The highest BCUT2D eigenvalue weighted by Crippen LogP contribution is 2.25. The van der Waals surface area contributed by atoms with Crippen LogP contribution in [0.5, 0.6) is 0 Å². The van der Waals surface area contributed by atoms with Gasteiger partial charge in [-0.15, -0.1) is 0 Å². The molecule has 0 radical (unpaired) electrons. The van der Waals surface area contributed by atoms with Crippen molar-refractivity contribution < 1.29 is 18.8 Å². The highest BCUT2D eigenvalue weighted by Gasteiger charge is 2.23. The van der Waals surface area contributed by atoms with Gasteiger partial charge < -0.3 is 14.0 Å². The normalized spacial score (nSPS) is 10.9. The van der Waals surface area contributed by atoms with Gasteiger partial charge in [-0.1, -0.05) is 19.0 Å². The van der Waals surface area contributed by atoms with Gasteiger partial charge in [0.25, 0.3) is 0 Å². The Morgan fingerprint density at radius 2 is 2.25 bits per heavy atom. The van der Waals surface area contributed by atoms with Gasteiger partial charge in [0.2, 0.25) is 11.7 Å². The number of carboxylic acid groups (broad SMARTS) is 1. The number of hydrogen-bond acceptors (Lipinski definition) is 5. The molecule has 6 nitrogen and oxygen atoms in total. The smallest absolute Gasteiger partial charge is 0.373 e. The van der Waals surface area contributed by atoms with E-state index in [4.69, 9.17) is 9.52 Å². The molecule has 2 aromatic heterocycles. The Hall–Kier alpha value is -2.11. The van der Waals surface area contributed by atoms with Gasteiger partial charge in [0.1, 0.15) is 6.26 Å². The zero-order valence-electron chi connectivity index (χ0n) is 8.80. The molecule has 16 heavy (non-hydrogen) atoms. The van der Waals surface area contributed by atoms with Crippen LogP contribution in [0.25, 0.3) is 11.6 Å². The maximum absolute atomic E-state index is 10.9. The van der Waals surface area contributed by atoms with Crippen molar-refractivity contribution in [3.8, 4) is 11.6 Å². The molecule has 0 amide bonds. The van der Waals surface area contributed by atoms with Crippen LogP contribution in [0.2, 0.25) is 0 Å². The lowest BCUT2D eigenvalue weighted by molar-refractivity contribution is 0.0661. The number of hydrogen-bond donors (Lipinski definition) is 1. The SMILES string of the molecule is CC(C)c1nc(-c2ccon2)oc1C(=O)O. The van der Waals surface area contributed by atoms with Gasteiger partial charge in [0.05, 0.1) is 5.69 Å². The molecule has 0 aliphatic carbocycles. The van der Waals surface area contributed by atoms with Crippen molar-refractivity contribution in [2.75, 3.05) is 0 Å². The molecular formula is C10H10N2O4. The van der Waals surface area contributed by atoms with Gasteiger partial charge in [0, 0.05) is 6.07 Å². The first-order valence-electron chi connectivity index (χ1n) is 4.74. The fraction of sp³-hybridized carbons (Fsp3) is 0.300. The Morgan fingerprint density at radius 1 is 1.50 bits per heavy atom. The molecular weight excluding hydrogens is 212 g/mol. The molecule has 0 saturated carbocycles. The Balaban J connectivity index is 2.51. The van der Waals surface area contributed by atoms with Crippen LogP contribution in [-0.2, 0) is 0 Å². The molecule has 0 bridgehead atoms. The number of aromatic nitrogens is 2. The van der Waals surface area contributed by atoms with E-state index in [-0.39, 0.29) is 17.6 Å². The van der Waals surface area contributed by atoms with E-state index in [0.29, 0.717) is 11.4 Å². The second kappa shape index (κ2) is 3.80. The highest BCUT2D eigenvalue weighted by molar-refractivity contribution is 5.86. The number of nitrogens with zero attached hydrogens (tertiary/aromatic N) is 2. The summed E-state index contributed by atoms with van der Waals surface area (Å²) < 4.78 is 9.79. The monoisotopic (exact) mass is 222 g/mol. The van der Waals surface area contributed by atoms with Gasteiger partial charge in [0.15, 0.2) is 5.69 Å². The van der Waals surface area contributed by atoms with E-state index in [9.17, 15) is 4.79 Å². The third-order valence-corrected chi connectivity index (χ3v) is 2.05. The number of aromatic carboxylic acids is 1. The van der Waals surface area contributed by atoms with E-state index in [0.717, 1.165) is 0 Å². The summed E-state index contributed by atoms with van der Waals surface area (Å²) in [6, 6.07) is 1.56. The quantitative estimate of drug-likeness (QED) is 0.855. The predicted molar refractivity (Wildman–Crippen MR) is 53.0 cm³/mol. The van der Waals surface area contributed by atoms with E-state index < -0.39 is 5.97 Å². The number of carboxylic acids is 1. The van der Waals surface area contributed by atoms with E-state index in [1.807, 2.05) is 13.8 Å². The van der Waals surface area contributed by atoms with Crippen molar-refractivity contribution in [1.29, 1.82) is 0 Å². The third kappa shape index (κ3) is 1.69. The molecule has 2 rings (SSSR count). The Kier molecular flexibility index (Phi) is 2.47. The van der Waals surface area contributed by atoms with Crippen LogP contribution in [0.1, 0.15) is 36.0 Å². The van der Waals surface area contributed by atoms with Crippen molar-refractivity contribution in [2.45, 2.75) is 19.8 Å². The molecule has 0 aromatic carbocycles. The second-order valence-electron chi connectivity index (χ2n) is 3.58. The van der Waals surface area contributed by atoms with Crippen molar-refractivity contribution in [3.05, 3.63) is 23.8 Å². The lowest BCUT2D eigenvalue weighted by Gasteiger charge is -1.98. The molecule has 0 saturated heterocycles. The highest BCUT2D eigenvalue weighted by atomic mass is 16.5. The summed E-state index contributed by atoms with van der Waals surface area (Å²) in [6.07, 6.45) is 1.37. The van der Waals surface area contributed by atoms with E-state index >= 15 is 0 Å². The average molecular weight is 222 g/mol. The van der Waals surface area contributed by atoms with Gasteiger partial charge in [-0.05, 0) is 5.92 Å². The lowest BCUT2D eigenvalue weighted by Crippen LogP contribution is -2.01. The van der Waals surface area contributed by atoms with Crippen molar-refractivity contribution in [2.24, 2.45) is 0 Å². The average Bonchev–Trinajstić information content (AvgIpc) is 2.86. The molecule has 0 aliphatic heterocycles. The van der Waals surface area contributed by atoms with E-state index in [1.165, 1.54) is 6.26 Å². The summed E-state index contributed by atoms with van der Waals surface area (Å²) in [5.41, 5.74) is 0.792. The van der Waals surface area contributed by atoms with Crippen molar-refractivity contribution in [1.82, 2.24) is 10.1 Å². The standard InChI is InChI=1S/C10H10N2O4/c1-5(2)7-8(10(13)14)16-9(11-7)6-3-4-15-12-6/h3-5H,1-2H3,(H,13,14). The largest absolute Gasteiger partial charge is 0.475 e. The van der Waals surface area contributed by atoms with Crippen LogP contribution < -0.4 is 0 Å². The summed E-state index contributed by atoms with van der Waals surface area (Å²) in [7, 11) is 0. The van der Waals surface area contributed by atoms with Crippen molar-refractivity contribution in [3.63, 3.8) is 0 Å². The second-order valence-corrected chi connectivity index (χ2v) is 3.58. The van der Waals surface area contributed by atoms with Crippen LogP contribution in [0.15, 0.2) is 21.3 Å². The molecule has 0 fully saturated rings. The Labute approximate surface area is 90.9 Å². The molecule has 0 spiro atoms. The topological polar surface area (TPSA) is 89.4 Å². The first kappa shape index (κ1) is 10.4. The number of rotatable bonds is 3. The molecule has 0 aliphatic rings. The number of carbonyl (C=O) groups is 1. The van der Waals surface area contributed by atoms with Gasteiger partial charge >= 0.3 is 5.97 Å². The summed E-state index contributed by atoms with van der Waals surface area (Å²) in [5.74, 6) is -1.15. The summed E-state index contributed by atoms with van der Waals surface area (Å²) >= 11 is 0. The molecule has 6 heteroatoms.